The van der Waals surface area contributed by atoms with E-state index >= 15 is 0 Å². The summed E-state index contributed by atoms with van der Waals surface area (Å²) < 4.78 is 3.17. The van der Waals surface area contributed by atoms with Crippen molar-refractivity contribution >= 4 is 15.9 Å². The second-order valence-corrected chi connectivity index (χ2v) is 5.58. The van der Waals surface area contributed by atoms with Crippen LogP contribution in [-0.2, 0) is 19.4 Å². The Kier molecular flexibility index (Phi) is 5.38. The molecule has 0 radical (unpaired) electrons. The lowest BCUT2D eigenvalue weighted by molar-refractivity contribution is 0.712. The van der Waals surface area contributed by atoms with Crippen LogP contribution in [0.15, 0.2) is 28.7 Å². The molecule has 0 saturated carbocycles. The highest BCUT2D eigenvalue weighted by Gasteiger charge is 2.17. The third kappa shape index (κ3) is 2.96. The summed E-state index contributed by atoms with van der Waals surface area (Å²) in [6.07, 6.45) is 1.94. The standard InChI is InChI=1S/C16H22BrN3/c1-4-14-12(11-18-6-3)15(5-2)20(19-14)16-10-8-7-9-13(16)17/h7-10,18H,4-6,11H2,1-3H3. The second-order valence-electron chi connectivity index (χ2n) is 4.72. The van der Waals surface area contributed by atoms with Crippen LogP contribution in [0.25, 0.3) is 5.69 Å². The molecule has 4 heteroatoms. The van der Waals surface area contributed by atoms with Crippen molar-refractivity contribution in [3.8, 4) is 5.69 Å². The molecule has 20 heavy (non-hydrogen) atoms. The summed E-state index contributed by atoms with van der Waals surface area (Å²) in [5.41, 5.74) is 4.96. The summed E-state index contributed by atoms with van der Waals surface area (Å²) in [6.45, 7) is 8.37. The van der Waals surface area contributed by atoms with Crippen LogP contribution in [0, 0.1) is 0 Å². The van der Waals surface area contributed by atoms with Crippen molar-refractivity contribution in [2.45, 2.75) is 40.2 Å². The third-order valence-electron chi connectivity index (χ3n) is 3.48. The van der Waals surface area contributed by atoms with Crippen LogP contribution in [0.4, 0.5) is 0 Å². The van der Waals surface area contributed by atoms with Gasteiger partial charge < -0.3 is 5.32 Å². The molecule has 0 atom stereocenters. The maximum absolute atomic E-state index is 4.83. The Morgan fingerprint density at radius 2 is 1.90 bits per heavy atom. The van der Waals surface area contributed by atoms with E-state index in [9.17, 15) is 0 Å². The SMILES string of the molecule is CCNCc1c(CC)nn(-c2ccccc2Br)c1CC. The van der Waals surface area contributed by atoms with Gasteiger partial charge in [-0.1, -0.05) is 32.9 Å². The minimum atomic E-state index is 0.896. The van der Waals surface area contributed by atoms with Crippen LogP contribution in [0.3, 0.4) is 0 Å². The smallest absolute Gasteiger partial charge is 0.0790 e. The third-order valence-corrected chi connectivity index (χ3v) is 4.15. The zero-order valence-corrected chi connectivity index (χ0v) is 14.0. The van der Waals surface area contributed by atoms with E-state index in [4.69, 9.17) is 5.10 Å². The number of halogens is 1. The number of hydrogen-bond acceptors (Lipinski definition) is 2. The first-order valence-electron chi connectivity index (χ1n) is 7.28. The number of aryl methyl sites for hydroxylation is 1. The minimum Gasteiger partial charge on any atom is -0.313 e. The van der Waals surface area contributed by atoms with Gasteiger partial charge in [0.1, 0.15) is 0 Å². The van der Waals surface area contributed by atoms with Gasteiger partial charge in [0.05, 0.1) is 11.4 Å². The van der Waals surface area contributed by atoms with Crippen molar-refractivity contribution in [3.05, 3.63) is 45.7 Å². The Bertz CT molecular complexity index is 575. The fraction of sp³-hybridized carbons (Fsp3) is 0.438. The average molecular weight is 336 g/mol. The summed E-state index contributed by atoms with van der Waals surface area (Å²) in [6, 6.07) is 8.25. The van der Waals surface area contributed by atoms with Crippen molar-refractivity contribution < 1.29 is 0 Å². The topological polar surface area (TPSA) is 29.9 Å². The van der Waals surface area contributed by atoms with Gasteiger partial charge in [-0.05, 0) is 47.4 Å². The van der Waals surface area contributed by atoms with E-state index in [1.165, 1.54) is 17.0 Å². The van der Waals surface area contributed by atoms with E-state index < -0.39 is 0 Å². The maximum atomic E-state index is 4.83. The monoisotopic (exact) mass is 335 g/mol. The van der Waals surface area contributed by atoms with E-state index in [1.807, 2.05) is 6.07 Å². The highest BCUT2D eigenvalue weighted by molar-refractivity contribution is 9.10. The number of nitrogens with one attached hydrogen (secondary N) is 1. The van der Waals surface area contributed by atoms with Gasteiger partial charge in [-0.3, -0.25) is 0 Å². The quantitative estimate of drug-likeness (QED) is 0.868. The van der Waals surface area contributed by atoms with Gasteiger partial charge in [0.25, 0.3) is 0 Å². The largest absolute Gasteiger partial charge is 0.313 e. The van der Waals surface area contributed by atoms with E-state index in [0.29, 0.717) is 0 Å². The molecule has 0 aliphatic heterocycles. The molecular formula is C16H22BrN3. The number of aromatic nitrogens is 2. The molecule has 0 bridgehead atoms. The molecule has 0 spiro atoms. The summed E-state index contributed by atoms with van der Waals surface area (Å²) in [5.74, 6) is 0. The molecule has 1 heterocycles. The van der Waals surface area contributed by atoms with Crippen LogP contribution in [0.5, 0.6) is 0 Å². The lowest BCUT2D eigenvalue weighted by Crippen LogP contribution is -2.14. The molecule has 1 N–H and O–H groups in total. The highest BCUT2D eigenvalue weighted by atomic mass is 79.9. The predicted molar refractivity (Wildman–Crippen MR) is 87.4 cm³/mol. The maximum Gasteiger partial charge on any atom is 0.0790 e. The van der Waals surface area contributed by atoms with E-state index in [-0.39, 0.29) is 0 Å². The average Bonchev–Trinajstić information content (AvgIpc) is 2.83. The first-order chi connectivity index (χ1) is 9.72. The van der Waals surface area contributed by atoms with Gasteiger partial charge >= 0.3 is 0 Å². The van der Waals surface area contributed by atoms with Crippen LogP contribution in [0.2, 0.25) is 0 Å². The normalized spacial score (nSPS) is 11.0. The number of nitrogens with zero attached hydrogens (tertiary/aromatic N) is 2. The minimum absolute atomic E-state index is 0.896. The van der Waals surface area contributed by atoms with Gasteiger partial charge in [0.2, 0.25) is 0 Å². The fourth-order valence-electron chi connectivity index (χ4n) is 2.46. The number of para-hydroxylation sites is 1. The zero-order valence-electron chi connectivity index (χ0n) is 12.4. The van der Waals surface area contributed by atoms with Crippen LogP contribution >= 0.6 is 15.9 Å². The van der Waals surface area contributed by atoms with Crippen molar-refractivity contribution in [2.75, 3.05) is 6.54 Å². The van der Waals surface area contributed by atoms with E-state index in [2.05, 4.69) is 64.9 Å². The Morgan fingerprint density at radius 3 is 2.50 bits per heavy atom. The lowest BCUT2D eigenvalue weighted by atomic mass is 10.1. The zero-order chi connectivity index (χ0) is 14.5. The molecule has 0 amide bonds. The fourth-order valence-corrected chi connectivity index (χ4v) is 2.91. The van der Waals surface area contributed by atoms with Crippen LogP contribution in [-0.4, -0.2) is 16.3 Å². The first-order valence-corrected chi connectivity index (χ1v) is 8.07. The van der Waals surface area contributed by atoms with Crippen molar-refractivity contribution in [1.29, 1.82) is 0 Å². The number of hydrogen-bond donors (Lipinski definition) is 1. The number of benzene rings is 1. The number of rotatable bonds is 6. The molecule has 2 rings (SSSR count). The summed E-state index contributed by atoms with van der Waals surface area (Å²) in [4.78, 5) is 0. The first kappa shape index (κ1) is 15.3. The summed E-state index contributed by atoms with van der Waals surface area (Å²) in [7, 11) is 0. The summed E-state index contributed by atoms with van der Waals surface area (Å²) >= 11 is 3.63. The van der Waals surface area contributed by atoms with Gasteiger partial charge in [-0.25, -0.2) is 4.68 Å². The second kappa shape index (κ2) is 7.04. The molecule has 2 aromatic rings. The molecule has 0 fully saturated rings. The van der Waals surface area contributed by atoms with Crippen molar-refractivity contribution in [2.24, 2.45) is 0 Å². The molecular weight excluding hydrogens is 314 g/mol. The molecule has 0 aliphatic carbocycles. The molecule has 1 aromatic heterocycles. The molecule has 0 saturated heterocycles. The van der Waals surface area contributed by atoms with E-state index in [0.717, 1.165) is 36.1 Å². The molecule has 1 aromatic carbocycles. The van der Waals surface area contributed by atoms with Gasteiger partial charge in [-0.15, -0.1) is 0 Å². The van der Waals surface area contributed by atoms with Crippen LogP contribution in [0.1, 0.15) is 37.7 Å². The Balaban J connectivity index is 2.53. The molecule has 0 aliphatic rings. The van der Waals surface area contributed by atoms with Crippen molar-refractivity contribution in [3.63, 3.8) is 0 Å². The Morgan fingerprint density at radius 1 is 1.15 bits per heavy atom. The Hall–Kier alpha value is -1.13. The van der Waals surface area contributed by atoms with Crippen molar-refractivity contribution in [1.82, 2.24) is 15.1 Å². The van der Waals surface area contributed by atoms with Crippen LogP contribution < -0.4 is 5.32 Å². The molecule has 0 unspecified atom stereocenters. The van der Waals surface area contributed by atoms with Gasteiger partial charge in [0.15, 0.2) is 0 Å². The molecule has 108 valence electrons. The highest BCUT2D eigenvalue weighted by Crippen LogP contribution is 2.25. The lowest BCUT2D eigenvalue weighted by Gasteiger charge is -2.09. The Labute approximate surface area is 129 Å². The predicted octanol–water partition coefficient (Wildman–Crippen LogP) is 3.87. The molecule has 3 nitrogen and oxygen atoms in total. The van der Waals surface area contributed by atoms with Gasteiger partial charge in [-0.2, -0.15) is 5.10 Å². The van der Waals surface area contributed by atoms with E-state index in [1.54, 1.807) is 0 Å². The summed E-state index contributed by atoms with van der Waals surface area (Å²) in [5, 5.41) is 8.26. The van der Waals surface area contributed by atoms with Gasteiger partial charge in [0, 0.05) is 22.3 Å².